The first-order valence-corrected chi connectivity index (χ1v) is 7.76. The second-order valence-corrected chi connectivity index (χ2v) is 5.88. The van der Waals surface area contributed by atoms with Gasteiger partial charge in [-0.2, -0.15) is 0 Å². The summed E-state index contributed by atoms with van der Waals surface area (Å²) in [4.78, 5) is 25.7. The Labute approximate surface area is 131 Å². The molecule has 1 heterocycles. The van der Waals surface area contributed by atoms with Crippen LogP contribution in [0.3, 0.4) is 0 Å². The van der Waals surface area contributed by atoms with E-state index in [-0.39, 0.29) is 5.91 Å². The summed E-state index contributed by atoms with van der Waals surface area (Å²) in [6, 6.07) is 6.93. The molecule has 5 nitrogen and oxygen atoms in total. The molecule has 1 saturated heterocycles. The quantitative estimate of drug-likeness (QED) is 0.834. The van der Waals surface area contributed by atoms with Gasteiger partial charge in [0.05, 0.1) is 7.11 Å². The number of methoxy groups -OCH3 is 1. The van der Waals surface area contributed by atoms with E-state index in [4.69, 9.17) is 10.5 Å². The van der Waals surface area contributed by atoms with Gasteiger partial charge < -0.3 is 15.4 Å². The fraction of sp³-hybridized carbons (Fsp3) is 0.529. The van der Waals surface area contributed by atoms with Crippen molar-refractivity contribution in [3.05, 3.63) is 29.8 Å². The van der Waals surface area contributed by atoms with E-state index in [0.717, 1.165) is 24.2 Å². The molecular formula is C17H24N2O3. The smallest absolute Gasteiger partial charge is 0.240 e. The number of nitrogens with two attached hydrogens (primary N) is 1. The molecule has 2 N–H and O–H groups in total. The van der Waals surface area contributed by atoms with Crippen molar-refractivity contribution in [3.8, 4) is 5.75 Å². The van der Waals surface area contributed by atoms with Crippen LogP contribution in [0.25, 0.3) is 0 Å². The third-order valence-corrected chi connectivity index (χ3v) is 4.23. The molecule has 2 unspecified atom stereocenters. The summed E-state index contributed by atoms with van der Waals surface area (Å²) in [5.74, 6) is 0.701. The first-order chi connectivity index (χ1) is 10.5. The number of likely N-dealkylation sites (tertiary alicyclic amines) is 1. The molecule has 0 saturated carbocycles. The number of benzene rings is 1. The van der Waals surface area contributed by atoms with Gasteiger partial charge in [-0.1, -0.05) is 25.5 Å². The lowest BCUT2D eigenvalue weighted by Crippen LogP contribution is -2.47. The predicted molar refractivity (Wildman–Crippen MR) is 84.4 cm³/mol. The fourth-order valence-corrected chi connectivity index (χ4v) is 3.06. The zero-order valence-electron chi connectivity index (χ0n) is 13.2. The van der Waals surface area contributed by atoms with Crippen molar-refractivity contribution >= 4 is 11.8 Å². The molecule has 1 fully saturated rings. The topological polar surface area (TPSA) is 72.6 Å². The highest BCUT2D eigenvalue weighted by Gasteiger charge is 2.36. The molecule has 0 bridgehead atoms. The van der Waals surface area contributed by atoms with Crippen LogP contribution in [0.1, 0.15) is 31.7 Å². The molecule has 5 heteroatoms. The van der Waals surface area contributed by atoms with E-state index in [9.17, 15) is 9.59 Å². The Balaban J connectivity index is 2.09. The lowest BCUT2D eigenvalue weighted by Gasteiger charge is -2.26. The van der Waals surface area contributed by atoms with Crippen molar-refractivity contribution in [2.45, 2.75) is 38.6 Å². The molecule has 120 valence electrons. The number of hydrogen-bond acceptors (Lipinski definition) is 3. The Bertz CT molecular complexity index is 527. The van der Waals surface area contributed by atoms with Crippen LogP contribution in [0.15, 0.2) is 24.3 Å². The van der Waals surface area contributed by atoms with Gasteiger partial charge in [-0.05, 0) is 30.0 Å². The van der Waals surface area contributed by atoms with E-state index >= 15 is 0 Å². The Morgan fingerprint density at radius 2 is 2.09 bits per heavy atom. The summed E-state index contributed by atoms with van der Waals surface area (Å²) in [5.41, 5.74) is 6.51. The number of rotatable bonds is 7. The van der Waals surface area contributed by atoms with E-state index < -0.39 is 11.9 Å². The number of carbonyl (C=O) groups excluding carboxylic acids is 2. The maximum atomic E-state index is 12.2. The molecule has 2 amide bonds. The highest BCUT2D eigenvalue weighted by molar-refractivity contribution is 5.88. The molecule has 1 aromatic rings. The van der Waals surface area contributed by atoms with Crippen molar-refractivity contribution in [2.75, 3.05) is 13.7 Å². The van der Waals surface area contributed by atoms with Crippen LogP contribution in [0.4, 0.5) is 0 Å². The van der Waals surface area contributed by atoms with Crippen molar-refractivity contribution < 1.29 is 14.3 Å². The summed E-state index contributed by atoms with van der Waals surface area (Å²) in [7, 11) is 1.61. The van der Waals surface area contributed by atoms with Gasteiger partial charge in [-0.25, -0.2) is 0 Å². The van der Waals surface area contributed by atoms with E-state index in [1.165, 1.54) is 0 Å². The SMILES string of the molecule is CCCC1CC(=O)N(C(Cc2ccc(OC)cc2)C(N)=O)C1. The monoisotopic (exact) mass is 304 g/mol. The molecule has 0 spiro atoms. The average Bonchev–Trinajstić information content (AvgIpc) is 2.86. The molecular weight excluding hydrogens is 280 g/mol. The Hall–Kier alpha value is -2.04. The fourth-order valence-electron chi connectivity index (χ4n) is 3.06. The lowest BCUT2D eigenvalue weighted by molar-refractivity contribution is -0.136. The average molecular weight is 304 g/mol. The zero-order chi connectivity index (χ0) is 16.1. The first-order valence-electron chi connectivity index (χ1n) is 7.76. The standard InChI is InChI=1S/C17H24N2O3/c1-3-4-13-10-16(20)19(11-13)15(17(18)21)9-12-5-7-14(22-2)8-6-12/h5-8,13,15H,3-4,9-11H2,1-2H3,(H2,18,21). The van der Waals surface area contributed by atoms with Gasteiger partial charge in [0, 0.05) is 19.4 Å². The minimum absolute atomic E-state index is 0.0377. The second kappa shape index (κ2) is 7.29. The van der Waals surface area contributed by atoms with Crippen LogP contribution in [-0.2, 0) is 16.0 Å². The predicted octanol–water partition coefficient (Wildman–Crippen LogP) is 1.74. The number of ether oxygens (including phenoxy) is 1. The molecule has 22 heavy (non-hydrogen) atoms. The second-order valence-electron chi connectivity index (χ2n) is 5.88. The molecule has 1 aliphatic heterocycles. The third kappa shape index (κ3) is 3.78. The normalized spacial score (nSPS) is 19.3. The summed E-state index contributed by atoms with van der Waals surface area (Å²) < 4.78 is 5.12. The summed E-state index contributed by atoms with van der Waals surface area (Å²) in [6.07, 6.45) is 3.03. The van der Waals surface area contributed by atoms with Gasteiger partial charge in [0.1, 0.15) is 11.8 Å². The van der Waals surface area contributed by atoms with Crippen molar-refractivity contribution in [1.82, 2.24) is 4.90 Å². The summed E-state index contributed by atoms with van der Waals surface area (Å²) >= 11 is 0. The minimum Gasteiger partial charge on any atom is -0.497 e. The maximum Gasteiger partial charge on any atom is 0.240 e. The van der Waals surface area contributed by atoms with E-state index in [2.05, 4.69) is 6.92 Å². The largest absolute Gasteiger partial charge is 0.497 e. The van der Waals surface area contributed by atoms with Crippen LogP contribution < -0.4 is 10.5 Å². The number of nitrogens with zero attached hydrogens (tertiary/aromatic N) is 1. The Morgan fingerprint density at radius 1 is 1.41 bits per heavy atom. The van der Waals surface area contributed by atoms with Gasteiger partial charge in [-0.3, -0.25) is 9.59 Å². The van der Waals surface area contributed by atoms with Gasteiger partial charge in [-0.15, -0.1) is 0 Å². The molecule has 0 aliphatic carbocycles. The van der Waals surface area contributed by atoms with Crippen LogP contribution in [0, 0.1) is 5.92 Å². The van der Waals surface area contributed by atoms with Crippen LogP contribution in [-0.4, -0.2) is 36.4 Å². The van der Waals surface area contributed by atoms with Gasteiger partial charge in [0.15, 0.2) is 0 Å². The molecule has 1 aromatic carbocycles. The summed E-state index contributed by atoms with van der Waals surface area (Å²) in [5, 5.41) is 0. The van der Waals surface area contributed by atoms with E-state index in [1.54, 1.807) is 12.0 Å². The van der Waals surface area contributed by atoms with Gasteiger partial charge >= 0.3 is 0 Å². The Morgan fingerprint density at radius 3 is 2.64 bits per heavy atom. The van der Waals surface area contributed by atoms with Crippen molar-refractivity contribution in [3.63, 3.8) is 0 Å². The van der Waals surface area contributed by atoms with Crippen LogP contribution >= 0.6 is 0 Å². The molecule has 2 rings (SSSR count). The van der Waals surface area contributed by atoms with Crippen molar-refractivity contribution in [2.24, 2.45) is 11.7 Å². The third-order valence-electron chi connectivity index (χ3n) is 4.23. The first kappa shape index (κ1) is 16.3. The minimum atomic E-state index is -0.567. The highest BCUT2D eigenvalue weighted by atomic mass is 16.5. The maximum absolute atomic E-state index is 12.2. The van der Waals surface area contributed by atoms with E-state index in [0.29, 0.717) is 25.3 Å². The molecule has 2 atom stereocenters. The number of primary amides is 1. The Kier molecular flexibility index (Phi) is 5.41. The van der Waals surface area contributed by atoms with Gasteiger partial charge in [0.25, 0.3) is 0 Å². The van der Waals surface area contributed by atoms with Crippen molar-refractivity contribution in [1.29, 1.82) is 0 Å². The number of hydrogen-bond donors (Lipinski definition) is 1. The van der Waals surface area contributed by atoms with Crippen LogP contribution in [0.5, 0.6) is 5.75 Å². The summed E-state index contributed by atoms with van der Waals surface area (Å²) in [6.45, 7) is 2.74. The molecule has 0 radical (unpaired) electrons. The van der Waals surface area contributed by atoms with Crippen LogP contribution in [0.2, 0.25) is 0 Å². The number of amides is 2. The van der Waals surface area contributed by atoms with E-state index in [1.807, 2.05) is 24.3 Å². The number of carbonyl (C=O) groups is 2. The zero-order valence-corrected chi connectivity index (χ0v) is 13.2. The molecule has 1 aliphatic rings. The lowest BCUT2D eigenvalue weighted by atomic mass is 10.0. The van der Waals surface area contributed by atoms with Gasteiger partial charge in [0.2, 0.25) is 11.8 Å². The molecule has 0 aromatic heterocycles. The highest BCUT2D eigenvalue weighted by Crippen LogP contribution is 2.25.